The first-order chi connectivity index (χ1) is 14.9. The number of hydrogen-bond donors (Lipinski definition) is 1. The molecule has 0 atom stereocenters. The van der Waals surface area contributed by atoms with Crippen LogP contribution in [0.5, 0.6) is 0 Å². The molecule has 8 nitrogen and oxygen atoms in total. The van der Waals surface area contributed by atoms with Crippen molar-refractivity contribution >= 4 is 17.5 Å². The first kappa shape index (κ1) is 21.3. The minimum Gasteiger partial charge on any atom is -0.347 e. The number of rotatable bonds is 4. The lowest BCUT2D eigenvalue weighted by molar-refractivity contribution is -0.187. The molecule has 0 saturated carbocycles. The smallest absolute Gasteiger partial charge is 0.274 e. The third kappa shape index (κ3) is 4.55. The van der Waals surface area contributed by atoms with Gasteiger partial charge in [-0.15, -0.1) is 0 Å². The van der Waals surface area contributed by atoms with Gasteiger partial charge in [-0.25, -0.2) is 0 Å². The summed E-state index contributed by atoms with van der Waals surface area (Å²) in [4.78, 5) is 40.1. The molecule has 0 bridgehead atoms. The van der Waals surface area contributed by atoms with Gasteiger partial charge in [0.2, 0.25) is 5.91 Å². The maximum Gasteiger partial charge on any atom is 0.274 e. The van der Waals surface area contributed by atoms with Gasteiger partial charge < -0.3 is 24.3 Å². The second-order valence-corrected chi connectivity index (χ2v) is 8.09. The SMILES string of the molecule is Cc1ccc(C(=O)Nc2ccc(C)n(CC(=O)N3CCC4(CC3)OCCO4)c2=O)cc1. The summed E-state index contributed by atoms with van der Waals surface area (Å²) < 4.78 is 12.8. The zero-order chi connectivity index (χ0) is 22.0. The number of nitrogens with zero attached hydrogens (tertiary/aromatic N) is 2. The van der Waals surface area contributed by atoms with Crippen LogP contribution in [-0.2, 0) is 20.8 Å². The van der Waals surface area contributed by atoms with Crippen LogP contribution in [0.4, 0.5) is 5.69 Å². The lowest BCUT2D eigenvalue weighted by Crippen LogP contribution is -2.48. The molecule has 3 heterocycles. The normalized spacial score (nSPS) is 17.7. The van der Waals surface area contributed by atoms with Crippen molar-refractivity contribution in [1.82, 2.24) is 9.47 Å². The monoisotopic (exact) mass is 425 g/mol. The van der Waals surface area contributed by atoms with E-state index in [1.165, 1.54) is 4.57 Å². The number of ether oxygens (including phenoxy) is 2. The van der Waals surface area contributed by atoms with E-state index >= 15 is 0 Å². The average molecular weight is 425 g/mol. The molecular formula is C23H27N3O5. The van der Waals surface area contributed by atoms with Crippen molar-refractivity contribution in [2.75, 3.05) is 31.6 Å². The molecule has 0 radical (unpaired) electrons. The molecule has 0 aliphatic carbocycles. The van der Waals surface area contributed by atoms with Gasteiger partial charge in [0.15, 0.2) is 5.79 Å². The first-order valence-corrected chi connectivity index (χ1v) is 10.5. The van der Waals surface area contributed by atoms with Crippen LogP contribution in [-0.4, -0.2) is 53.4 Å². The Morgan fingerprint density at radius 3 is 2.29 bits per heavy atom. The molecule has 1 aromatic heterocycles. The summed E-state index contributed by atoms with van der Waals surface area (Å²) >= 11 is 0. The molecular weight excluding hydrogens is 398 g/mol. The van der Waals surface area contributed by atoms with E-state index < -0.39 is 11.3 Å². The topological polar surface area (TPSA) is 89.9 Å². The second-order valence-electron chi connectivity index (χ2n) is 8.09. The van der Waals surface area contributed by atoms with Gasteiger partial charge in [-0.2, -0.15) is 0 Å². The lowest BCUT2D eigenvalue weighted by Gasteiger charge is -2.37. The predicted molar refractivity (Wildman–Crippen MR) is 115 cm³/mol. The average Bonchev–Trinajstić information content (AvgIpc) is 3.21. The number of anilines is 1. The number of carbonyl (C=O) groups excluding carboxylic acids is 2. The molecule has 1 N–H and O–H groups in total. The highest BCUT2D eigenvalue weighted by atomic mass is 16.7. The first-order valence-electron chi connectivity index (χ1n) is 10.5. The van der Waals surface area contributed by atoms with Gasteiger partial charge in [-0.05, 0) is 38.1 Å². The summed E-state index contributed by atoms with van der Waals surface area (Å²) in [5, 5.41) is 2.67. The van der Waals surface area contributed by atoms with Crippen LogP contribution in [0.3, 0.4) is 0 Å². The van der Waals surface area contributed by atoms with Crippen LogP contribution >= 0.6 is 0 Å². The molecule has 2 aliphatic rings. The van der Waals surface area contributed by atoms with E-state index in [1.54, 1.807) is 36.1 Å². The maximum absolute atomic E-state index is 13.0. The number of hydrogen-bond acceptors (Lipinski definition) is 5. The number of aryl methyl sites for hydroxylation is 2. The number of aromatic nitrogens is 1. The number of carbonyl (C=O) groups is 2. The Bertz CT molecular complexity index is 1030. The van der Waals surface area contributed by atoms with E-state index in [9.17, 15) is 14.4 Å². The number of likely N-dealkylation sites (tertiary alicyclic amines) is 1. The van der Waals surface area contributed by atoms with Crippen LogP contribution in [0.15, 0.2) is 41.2 Å². The van der Waals surface area contributed by atoms with Gasteiger partial charge in [0.25, 0.3) is 11.5 Å². The third-order valence-electron chi connectivity index (χ3n) is 5.94. The Kier molecular flexibility index (Phi) is 5.93. The zero-order valence-electron chi connectivity index (χ0n) is 17.8. The standard InChI is InChI=1S/C23H27N3O5/c1-16-3-6-18(7-4-16)21(28)24-19-8-5-17(2)26(22(19)29)15-20(27)25-11-9-23(10-12-25)30-13-14-31-23/h3-8H,9-15H2,1-2H3,(H,24,28). The van der Waals surface area contributed by atoms with Crippen molar-refractivity contribution in [2.24, 2.45) is 0 Å². The molecule has 2 fully saturated rings. The Labute approximate surface area is 180 Å². The minimum atomic E-state index is -0.552. The molecule has 1 aromatic carbocycles. The summed E-state index contributed by atoms with van der Waals surface area (Å²) in [5.74, 6) is -1.05. The summed E-state index contributed by atoms with van der Waals surface area (Å²) in [6.07, 6.45) is 1.25. The summed E-state index contributed by atoms with van der Waals surface area (Å²) in [5.41, 5.74) is 1.91. The third-order valence-corrected chi connectivity index (χ3v) is 5.94. The molecule has 1 spiro atoms. The highest BCUT2D eigenvalue weighted by Crippen LogP contribution is 2.31. The molecule has 2 aliphatic heterocycles. The lowest BCUT2D eigenvalue weighted by atomic mass is 10.0. The number of pyridine rings is 1. The van der Waals surface area contributed by atoms with Gasteiger partial charge in [0.05, 0.1) is 13.2 Å². The molecule has 31 heavy (non-hydrogen) atoms. The van der Waals surface area contributed by atoms with E-state index in [-0.39, 0.29) is 24.0 Å². The van der Waals surface area contributed by atoms with Crippen LogP contribution in [0.25, 0.3) is 0 Å². The molecule has 2 saturated heterocycles. The summed E-state index contributed by atoms with van der Waals surface area (Å²) in [7, 11) is 0. The van der Waals surface area contributed by atoms with E-state index in [2.05, 4.69) is 5.32 Å². The number of piperidine rings is 1. The van der Waals surface area contributed by atoms with Crippen molar-refractivity contribution in [2.45, 2.75) is 39.0 Å². The number of amides is 2. The van der Waals surface area contributed by atoms with Crippen LogP contribution in [0.2, 0.25) is 0 Å². The van der Waals surface area contributed by atoms with Crippen molar-refractivity contribution in [3.8, 4) is 0 Å². The van der Waals surface area contributed by atoms with Crippen molar-refractivity contribution in [3.05, 3.63) is 63.6 Å². The van der Waals surface area contributed by atoms with Crippen molar-refractivity contribution in [3.63, 3.8) is 0 Å². The van der Waals surface area contributed by atoms with E-state index in [4.69, 9.17) is 9.47 Å². The molecule has 8 heteroatoms. The Morgan fingerprint density at radius 1 is 1.00 bits per heavy atom. The van der Waals surface area contributed by atoms with Crippen LogP contribution in [0, 0.1) is 13.8 Å². The fourth-order valence-electron chi connectivity index (χ4n) is 3.98. The molecule has 0 unspecified atom stereocenters. The molecule has 164 valence electrons. The quantitative estimate of drug-likeness (QED) is 0.810. The number of benzene rings is 1. The highest BCUT2D eigenvalue weighted by Gasteiger charge is 2.40. The second kappa shape index (κ2) is 8.64. The number of nitrogens with one attached hydrogen (secondary N) is 1. The van der Waals surface area contributed by atoms with Crippen molar-refractivity contribution < 1.29 is 19.1 Å². The maximum atomic E-state index is 13.0. The minimum absolute atomic E-state index is 0.0758. The van der Waals surface area contributed by atoms with Gasteiger partial charge >= 0.3 is 0 Å². The van der Waals surface area contributed by atoms with E-state index in [0.717, 1.165) is 5.56 Å². The van der Waals surface area contributed by atoms with Crippen molar-refractivity contribution in [1.29, 1.82) is 0 Å². The Balaban J connectivity index is 1.45. The van der Waals surface area contributed by atoms with Gasteiger partial charge in [-0.3, -0.25) is 14.4 Å². The Morgan fingerprint density at radius 2 is 1.65 bits per heavy atom. The zero-order valence-corrected chi connectivity index (χ0v) is 17.8. The largest absolute Gasteiger partial charge is 0.347 e. The Hall–Kier alpha value is -2.97. The van der Waals surface area contributed by atoms with Crippen LogP contribution in [0.1, 0.15) is 34.5 Å². The predicted octanol–water partition coefficient (Wildman–Crippen LogP) is 2.08. The fraction of sp³-hybridized carbons (Fsp3) is 0.435. The summed E-state index contributed by atoms with van der Waals surface area (Å²) in [6.45, 7) is 5.85. The van der Waals surface area contributed by atoms with E-state index in [1.807, 2.05) is 19.1 Å². The van der Waals surface area contributed by atoms with Crippen LogP contribution < -0.4 is 10.9 Å². The van der Waals surface area contributed by atoms with Gasteiger partial charge in [0.1, 0.15) is 12.2 Å². The van der Waals surface area contributed by atoms with Gasteiger partial charge in [-0.1, -0.05) is 17.7 Å². The molecule has 4 rings (SSSR count). The molecule has 2 aromatic rings. The fourth-order valence-corrected chi connectivity index (χ4v) is 3.98. The highest BCUT2D eigenvalue weighted by molar-refractivity contribution is 6.04. The van der Waals surface area contributed by atoms with Gasteiger partial charge in [0, 0.05) is 37.2 Å². The molecule has 2 amide bonds. The van der Waals surface area contributed by atoms with E-state index in [0.29, 0.717) is 50.4 Å². The summed E-state index contributed by atoms with van der Waals surface area (Å²) in [6, 6.07) is 10.4.